The van der Waals surface area contributed by atoms with Crippen molar-refractivity contribution >= 4 is 35.3 Å². The number of carbonyl (C=O) groups is 5. The van der Waals surface area contributed by atoms with E-state index in [2.05, 4.69) is 10.7 Å². The molecule has 1 aliphatic rings. The second-order valence-electron chi connectivity index (χ2n) is 9.11. The van der Waals surface area contributed by atoms with E-state index in [9.17, 15) is 24.0 Å². The number of nitrogens with zero attached hydrogens (tertiary/aromatic N) is 1. The lowest BCUT2D eigenvalue weighted by atomic mass is 10.1. The van der Waals surface area contributed by atoms with Gasteiger partial charge in [-0.2, -0.15) is 0 Å². The molecule has 1 saturated heterocycles. The van der Waals surface area contributed by atoms with Crippen molar-refractivity contribution in [2.75, 3.05) is 39.3 Å². The van der Waals surface area contributed by atoms with Crippen molar-refractivity contribution < 1.29 is 42.9 Å². The summed E-state index contributed by atoms with van der Waals surface area (Å²) in [5.74, 6) is -3.12. The molecule has 3 amide bonds. The van der Waals surface area contributed by atoms with Crippen LogP contribution in [0.2, 0.25) is 0 Å². The van der Waals surface area contributed by atoms with E-state index in [-0.39, 0.29) is 35.9 Å². The molecule has 2 N–H and O–H groups in total. The second-order valence-corrected chi connectivity index (χ2v) is 9.11. The number of anilines is 1. The summed E-state index contributed by atoms with van der Waals surface area (Å²) in [6, 6.07) is 10.9. The maximum Gasteiger partial charge on any atom is 0.338 e. The summed E-state index contributed by atoms with van der Waals surface area (Å²) in [6.07, 6.45) is -0.196. The standard InChI is InChI=1S/C27H31N3O9/c1-16(2)14-38-26(34)17-8-10-19(11-9-17)28-22(31)15-39-27(35)18-12-23(32)30(13-18)29-25(33)24-20(36-3)6-5-7-21(24)37-4/h5-11,16,18H,12-15H2,1-4H3,(H,28,31)(H,29,33)/t18-/m1/s1. The Morgan fingerprint density at radius 3 is 2.21 bits per heavy atom. The van der Waals surface area contributed by atoms with Gasteiger partial charge in [0, 0.05) is 12.1 Å². The zero-order chi connectivity index (χ0) is 28.5. The van der Waals surface area contributed by atoms with Crippen LogP contribution >= 0.6 is 0 Å². The second kappa shape index (κ2) is 13.3. The molecule has 208 valence electrons. The van der Waals surface area contributed by atoms with E-state index >= 15 is 0 Å². The molecule has 0 aromatic heterocycles. The highest BCUT2D eigenvalue weighted by atomic mass is 16.5. The van der Waals surface area contributed by atoms with Crippen LogP contribution in [-0.2, 0) is 23.9 Å². The Bertz CT molecular complexity index is 1210. The molecule has 0 bridgehead atoms. The fourth-order valence-corrected chi connectivity index (χ4v) is 3.69. The molecule has 12 heteroatoms. The maximum absolute atomic E-state index is 12.8. The van der Waals surface area contributed by atoms with Crippen molar-refractivity contribution in [3.8, 4) is 11.5 Å². The third kappa shape index (κ3) is 7.69. The Morgan fingerprint density at radius 2 is 1.62 bits per heavy atom. The Labute approximate surface area is 225 Å². The molecule has 0 unspecified atom stereocenters. The number of nitrogens with one attached hydrogen (secondary N) is 2. The average molecular weight is 542 g/mol. The van der Waals surface area contributed by atoms with Crippen molar-refractivity contribution in [3.63, 3.8) is 0 Å². The first-order chi connectivity index (χ1) is 18.6. The number of hydrazine groups is 1. The maximum atomic E-state index is 12.8. The molecule has 3 rings (SSSR count). The molecule has 0 spiro atoms. The summed E-state index contributed by atoms with van der Waals surface area (Å²) >= 11 is 0. The highest BCUT2D eigenvalue weighted by Gasteiger charge is 2.37. The van der Waals surface area contributed by atoms with Gasteiger partial charge >= 0.3 is 11.9 Å². The first-order valence-corrected chi connectivity index (χ1v) is 12.2. The van der Waals surface area contributed by atoms with Crippen LogP contribution in [-0.4, -0.2) is 68.6 Å². The van der Waals surface area contributed by atoms with E-state index in [0.29, 0.717) is 17.9 Å². The summed E-state index contributed by atoms with van der Waals surface area (Å²) in [7, 11) is 2.79. The van der Waals surface area contributed by atoms with E-state index in [1.54, 1.807) is 18.2 Å². The molecule has 2 aromatic carbocycles. The fourth-order valence-electron chi connectivity index (χ4n) is 3.69. The zero-order valence-corrected chi connectivity index (χ0v) is 22.1. The molecular weight excluding hydrogens is 510 g/mol. The van der Waals surface area contributed by atoms with Crippen molar-refractivity contribution in [3.05, 3.63) is 53.6 Å². The normalized spacial score (nSPS) is 14.5. The molecule has 1 atom stereocenters. The van der Waals surface area contributed by atoms with Crippen molar-refractivity contribution in [1.82, 2.24) is 10.4 Å². The van der Waals surface area contributed by atoms with Crippen LogP contribution in [0.25, 0.3) is 0 Å². The summed E-state index contributed by atoms with van der Waals surface area (Å²) in [5.41, 5.74) is 3.30. The van der Waals surface area contributed by atoms with Gasteiger partial charge in [-0.25, -0.2) is 4.79 Å². The van der Waals surface area contributed by atoms with Gasteiger partial charge in [0.05, 0.1) is 38.9 Å². The fraction of sp³-hybridized carbons (Fsp3) is 0.370. The number of rotatable bonds is 11. The Balaban J connectivity index is 1.49. The summed E-state index contributed by atoms with van der Waals surface area (Å²) in [5, 5.41) is 3.58. The van der Waals surface area contributed by atoms with Gasteiger partial charge in [-0.05, 0) is 42.3 Å². The SMILES string of the molecule is COc1cccc(OC)c1C(=O)NN1C[C@H](C(=O)OCC(=O)Nc2ccc(C(=O)OCC(C)C)cc2)CC1=O. The van der Waals surface area contributed by atoms with Crippen LogP contribution in [0.15, 0.2) is 42.5 Å². The predicted octanol–water partition coefficient (Wildman–Crippen LogP) is 2.19. The molecule has 1 fully saturated rings. The molecule has 12 nitrogen and oxygen atoms in total. The number of esters is 2. The van der Waals surface area contributed by atoms with Gasteiger partial charge in [-0.3, -0.25) is 29.6 Å². The van der Waals surface area contributed by atoms with Crippen LogP contribution < -0.4 is 20.2 Å². The molecule has 2 aromatic rings. The highest BCUT2D eigenvalue weighted by molar-refractivity contribution is 6.01. The Kier molecular flexibility index (Phi) is 9.85. The molecule has 39 heavy (non-hydrogen) atoms. The van der Waals surface area contributed by atoms with Crippen molar-refractivity contribution in [1.29, 1.82) is 0 Å². The zero-order valence-electron chi connectivity index (χ0n) is 22.1. The minimum atomic E-state index is -0.874. The number of carbonyl (C=O) groups excluding carboxylic acids is 5. The van der Waals surface area contributed by atoms with Gasteiger partial charge in [0.2, 0.25) is 5.91 Å². The molecule has 0 saturated carbocycles. The topological polar surface area (TPSA) is 150 Å². The van der Waals surface area contributed by atoms with Crippen LogP contribution in [0, 0.1) is 11.8 Å². The monoisotopic (exact) mass is 541 g/mol. The first kappa shape index (κ1) is 29.0. The van der Waals surface area contributed by atoms with E-state index in [1.807, 2.05) is 13.8 Å². The quantitative estimate of drug-likeness (QED) is 0.408. The van der Waals surface area contributed by atoms with Gasteiger partial charge in [-0.1, -0.05) is 19.9 Å². The lowest BCUT2D eigenvalue weighted by molar-refractivity contribution is -0.151. The Hall–Kier alpha value is -4.61. The third-order valence-electron chi connectivity index (χ3n) is 5.65. The van der Waals surface area contributed by atoms with Gasteiger partial charge in [-0.15, -0.1) is 0 Å². The summed E-state index contributed by atoms with van der Waals surface area (Å²) < 4.78 is 20.7. The molecule has 0 radical (unpaired) electrons. The minimum absolute atomic E-state index is 0.0958. The molecular formula is C27H31N3O9. The number of hydrogen-bond acceptors (Lipinski definition) is 9. The molecule has 0 aliphatic carbocycles. The first-order valence-electron chi connectivity index (χ1n) is 12.2. The van der Waals surface area contributed by atoms with E-state index in [0.717, 1.165) is 5.01 Å². The van der Waals surface area contributed by atoms with Crippen LogP contribution in [0.3, 0.4) is 0 Å². The number of hydrogen-bond donors (Lipinski definition) is 2. The lowest BCUT2D eigenvalue weighted by Crippen LogP contribution is -2.43. The van der Waals surface area contributed by atoms with Gasteiger partial charge in [0.1, 0.15) is 17.1 Å². The average Bonchev–Trinajstić information content (AvgIpc) is 3.29. The predicted molar refractivity (Wildman–Crippen MR) is 138 cm³/mol. The van der Waals surface area contributed by atoms with Gasteiger partial charge in [0.25, 0.3) is 11.8 Å². The number of methoxy groups -OCH3 is 2. The van der Waals surface area contributed by atoms with E-state index in [4.69, 9.17) is 18.9 Å². The lowest BCUT2D eigenvalue weighted by Gasteiger charge is -2.19. The van der Waals surface area contributed by atoms with Crippen LogP contribution in [0.4, 0.5) is 5.69 Å². The number of ether oxygens (including phenoxy) is 4. The third-order valence-corrected chi connectivity index (χ3v) is 5.65. The highest BCUT2D eigenvalue weighted by Crippen LogP contribution is 2.28. The van der Waals surface area contributed by atoms with Crippen molar-refractivity contribution in [2.24, 2.45) is 11.8 Å². The minimum Gasteiger partial charge on any atom is -0.496 e. The smallest absolute Gasteiger partial charge is 0.338 e. The summed E-state index contributed by atoms with van der Waals surface area (Å²) in [6.45, 7) is 3.45. The van der Waals surface area contributed by atoms with Crippen molar-refractivity contribution in [2.45, 2.75) is 20.3 Å². The van der Waals surface area contributed by atoms with Gasteiger partial charge < -0.3 is 24.3 Å². The molecule has 1 aliphatic heterocycles. The Morgan fingerprint density at radius 1 is 0.974 bits per heavy atom. The molecule has 1 heterocycles. The van der Waals surface area contributed by atoms with Crippen LogP contribution in [0.5, 0.6) is 11.5 Å². The van der Waals surface area contributed by atoms with E-state index in [1.165, 1.54) is 38.5 Å². The number of benzene rings is 2. The van der Waals surface area contributed by atoms with Crippen LogP contribution in [0.1, 0.15) is 41.0 Å². The van der Waals surface area contributed by atoms with E-state index < -0.39 is 42.2 Å². The largest absolute Gasteiger partial charge is 0.496 e. The van der Waals surface area contributed by atoms with Gasteiger partial charge in [0.15, 0.2) is 6.61 Å². The summed E-state index contributed by atoms with van der Waals surface area (Å²) in [4.78, 5) is 62.0. The number of amides is 3.